The lowest BCUT2D eigenvalue weighted by molar-refractivity contribution is 0.221. The second-order valence-electron chi connectivity index (χ2n) is 6.62. The molecule has 1 nitrogen and oxygen atoms in total. The molecule has 0 saturated heterocycles. The van der Waals surface area contributed by atoms with E-state index in [0.717, 1.165) is 11.8 Å². The molecule has 2 rings (SSSR count). The van der Waals surface area contributed by atoms with Gasteiger partial charge < -0.3 is 4.74 Å². The Hall–Kier alpha value is -0.0400. The molecule has 0 aromatic carbocycles. The van der Waals surface area contributed by atoms with Gasteiger partial charge in [0.25, 0.3) is 0 Å². The minimum atomic E-state index is 1.11. The minimum Gasteiger partial charge on any atom is -0.388 e. The molecule has 0 radical (unpaired) electrons. The van der Waals surface area contributed by atoms with Crippen molar-refractivity contribution in [3.05, 3.63) is 0 Å². The van der Waals surface area contributed by atoms with Crippen LogP contribution in [0.2, 0.25) is 0 Å². The van der Waals surface area contributed by atoms with Gasteiger partial charge >= 0.3 is 0 Å². The standard InChI is InChI=1S/C16H30.C2H6O/c1-3-7-11-15(12-8-4-1)16-13-9-5-2-6-10-14-16;1-3-2/h15-16H,1-14H2;1-2H3. The molecule has 19 heavy (non-hydrogen) atoms. The summed E-state index contributed by atoms with van der Waals surface area (Å²) in [7, 11) is 3.25. The van der Waals surface area contributed by atoms with Crippen LogP contribution in [0.4, 0.5) is 0 Å². The third kappa shape index (κ3) is 7.97. The third-order valence-corrected chi connectivity index (χ3v) is 4.97. The van der Waals surface area contributed by atoms with Crippen molar-refractivity contribution in [1.29, 1.82) is 0 Å². The second-order valence-corrected chi connectivity index (χ2v) is 6.62. The lowest BCUT2D eigenvalue weighted by Gasteiger charge is -2.30. The summed E-state index contributed by atoms with van der Waals surface area (Å²) in [5, 5.41) is 0. The van der Waals surface area contributed by atoms with Crippen LogP contribution in [0.25, 0.3) is 0 Å². The first-order valence-corrected chi connectivity index (χ1v) is 8.78. The fourth-order valence-electron chi connectivity index (χ4n) is 3.92. The summed E-state index contributed by atoms with van der Waals surface area (Å²) in [4.78, 5) is 0. The SMILES string of the molecule is C1CCCC(C2CCCCCCC2)CCC1.COC. The van der Waals surface area contributed by atoms with Crippen LogP contribution in [-0.4, -0.2) is 14.2 Å². The molecule has 0 amide bonds. The highest BCUT2D eigenvalue weighted by Gasteiger charge is 2.22. The summed E-state index contributed by atoms with van der Waals surface area (Å²) in [6, 6.07) is 0. The lowest BCUT2D eigenvalue weighted by atomic mass is 9.76. The van der Waals surface area contributed by atoms with Crippen LogP contribution >= 0.6 is 0 Å². The molecule has 0 unspecified atom stereocenters. The lowest BCUT2D eigenvalue weighted by Crippen LogP contribution is -2.17. The van der Waals surface area contributed by atoms with E-state index in [0.29, 0.717) is 0 Å². The van der Waals surface area contributed by atoms with Gasteiger partial charge in [-0.3, -0.25) is 0 Å². The Kier molecular flexibility index (Phi) is 10.5. The zero-order valence-electron chi connectivity index (χ0n) is 13.5. The van der Waals surface area contributed by atoms with E-state index in [9.17, 15) is 0 Å². The van der Waals surface area contributed by atoms with Gasteiger partial charge in [0.2, 0.25) is 0 Å². The zero-order valence-corrected chi connectivity index (χ0v) is 13.5. The van der Waals surface area contributed by atoms with E-state index in [1.54, 1.807) is 39.9 Å². The average molecular weight is 268 g/mol. The quantitative estimate of drug-likeness (QED) is 0.569. The van der Waals surface area contributed by atoms with E-state index in [2.05, 4.69) is 4.74 Å². The maximum absolute atomic E-state index is 4.25. The molecular formula is C18H36O. The van der Waals surface area contributed by atoms with Gasteiger partial charge in [-0.2, -0.15) is 0 Å². The molecule has 0 heterocycles. The van der Waals surface area contributed by atoms with Crippen LogP contribution in [0.1, 0.15) is 89.9 Å². The number of rotatable bonds is 1. The van der Waals surface area contributed by atoms with Gasteiger partial charge in [0, 0.05) is 14.2 Å². The van der Waals surface area contributed by atoms with Crippen LogP contribution in [-0.2, 0) is 4.74 Å². The van der Waals surface area contributed by atoms with E-state index in [1.165, 1.54) is 64.2 Å². The Morgan fingerprint density at radius 2 is 0.684 bits per heavy atom. The normalized spacial score (nSPS) is 24.3. The fraction of sp³-hybridized carbons (Fsp3) is 1.00. The van der Waals surface area contributed by atoms with E-state index in [4.69, 9.17) is 0 Å². The molecule has 2 aliphatic rings. The predicted octanol–water partition coefficient (Wildman–Crippen LogP) is 5.97. The third-order valence-electron chi connectivity index (χ3n) is 4.97. The first-order chi connectivity index (χ1) is 9.38. The van der Waals surface area contributed by atoms with Crippen molar-refractivity contribution in [2.75, 3.05) is 14.2 Å². The number of hydrogen-bond donors (Lipinski definition) is 0. The first kappa shape index (κ1) is 17.0. The molecule has 0 spiro atoms. The van der Waals surface area contributed by atoms with Gasteiger partial charge in [-0.05, 0) is 11.8 Å². The molecule has 0 bridgehead atoms. The Labute approximate surface area is 121 Å². The summed E-state index contributed by atoms with van der Waals surface area (Å²) in [6.07, 6.45) is 21.4. The van der Waals surface area contributed by atoms with Crippen LogP contribution < -0.4 is 0 Å². The molecule has 2 aliphatic carbocycles. The maximum Gasteiger partial charge on any atom is 0.0351 e. The van der Waals surface area contributed by atoms with Crippen molar-refractivity contribution in [3.63, 3.8) is 0 Å². The topological polar surface area (TPSA) is 9.23 Å². The Morgan fingerprint density at radius 1 is 0.474 bits per heavy atom. The summed E-state index contributed by atoms with van der Waals surface area (Å²) < 4.78 is 4.25. The molecule has 0 N–H and O–H groups in total. The Morgan fingerprint density at radius 3 is 0.947 bits per heavy atom. The largest absolute Gasteiger partial charge is 0.388 e. The van der Waals surface area contributed by atoms with Crippen LogP contribution in [0.3, 0.4) is 0 Å². The van der Waals surface area contributed by atoms with Gasteiger partial charge in [-0.15, -0.1) is 0 Å². The molecule has 114 valence electrons. The molecule has 0 aromatic rings. The van der Waals surface area contributed by atoms with E-state index < -0.39 is 0 Å². The summed E-state index contributed by atoms with van der Waals surface area (Å²) in [5.41, 5.74) is 0. The molecule has 0 atom stereocenters. The van der Waals surface area contributed by atoms with E-state index in [1.807, 2.05) is 0 Å². The maximum atomic E-state index is 4.25. The highest BCUT2D eigenvalue weighted by atomic mass is 16.4. The van der Waals surface area contributed by atoms with Crippen molar-refractivity contribution >= 4 is 0 Å². The molecule has 2 saturated carbocycles. The van der Waals surface area contributed by atoms with Gasteiger partial charge in [0.1, 0.15) is 0 Å². The number of ether oxygens (including phenoxy) is 1. The minimum absolute atomic E-state index is 1.11. The van der Waals surface area contributed by atoms with Crippen molar-refractivity contribution < 1.29 is 4.74 Å². The molecule has 1 heteroatoms. The number of hydrogen-bond acceptors (Lipinski definition) is 1. The zero-order chi connectivity index (χ0) is 13.8. The van der Waals surface area contributed by atoms with Crippen molar-refractivity contribution in [2.24, 2.45) is 11.8 Å². The first-order valence-electron chi connectivity index (χ1n) is 8.78. The van der Waals surface area contributed by atoms with Crippen LogP contribution in [0, 0.1) is 11.8 Å². The van der Waals surface area contributed by atoms with Gasteiger partial charge in [0.15, 0.2) is 0 Å². The Balaban J connectivity index is 0.000000550. The molecular weight excluding hydrogens is 232 g/mol. The van der Waals surface area contributed by atoms with Gasteiger partial charge in [-0.25, -0.2) is 0 Å². The van der Waals surface area contributed by atoms with Crippen LogP contribution in [0.5, 0.6) is 0 Å². The second kappa shape index (κ2) is 11.8. The molecule has 2 fully saturated rings. The van der Waals surface area contributed by atoms with Crippen LogP contribution in [0.15, 0.2) is 0 Å². The Bertz CT molecular complexity index is 154. The van der Waals surface area contributed by atoms with Crippen molar-refractivity contribution in [3.8, 4) is 0 Å². The predicted molar refractivity (Wildman–Crippen MR) is 84.6 cm³/mol. The summed E-state index contributed by atoms with van der Waals surface area (Å²) in [5.74, 6) is 2.22. The highest BCUT2D eigenvalue weighted by Crippen LogP contribution is 2.35. The van der Waals surface area contributed by atoms with Crippen molar-refractivity contribution in [1.82, 2.24) is 0 Å². The molecule has 0 aromatic heterocycles. The monoisotopic (exact) mass is 268 g/mol. The average Bonchev–Trinajstić information content (AvgIpc) is 2.30. The smallest absolute Gasteiger partial charge is 0.0351 e. The summed E-state index contributed by atoms with van der Waals surface area (Å²) >= 11 is 0. The van der Waals surface area contributed by atoms with Gasteiger partial charge in [0.05, 0.1) is 0 Å². The highest BCUT2D eigenvalue weighted by molar-refractivity contribution is 4.74. The van der Waals surface area contributed by atoms with Crippen molar-refractivity contribution in [2.45, 2.75) is 89.9 Å². The fourth-order valence-corrected chi connectivity index (χ4v) is 3.92. The van der Waals surface area contributed by atoms with Gasteiger partial charge in [-0.1, -0.05) is 89.9 Å². The summed E-state index contributed by atoms with van der Waals surface area (Å²) in [6.45, 7) is 0. The molecule has 0 aliphatic heterocycles. The number of methoxy groups -OCH3 is 1. The van der Waals surface area contributed by atoms with E-state index in [-0.39, 0.29) is 0 Å². The van der Waals surface area contributed by atoms with E-state index >= 15 is 0 Å².